The van der Waals surface area contributed by atoms with Crippen LogP contribution in [0.2, 0.25) is 0 Å². The monoisotopic (exact) mass is 318 g/mol. The van der Waals surface area contributed by atoms with Gasteiger partial charge in [0.2, 0.25) is 0 Å². The number of nitrogens with one attached hydrogen (secondary N) is 1. The highest BCUT2D eigenvalue weighted by atomic mass is 19.1. The third kappa shape index (κ3) is 4.96. The van der Waals surface area contributed by atoms with Gasteiger partial charge < -0.3 is 20.5 Å². The molecule has 0 fully saturated rings. The molecule has 0 aromatic heterocycles. The Morgan fingerprint density at radius 3 is 2.83 bits per heavy atom. The average molecular weight is 318 g/mol. The normalized spacial score (nSPS) is 10.3. The van der Waals surface area contributed by atoms with E-state index in [4.69, 9.17) is 15.2 Å². The molecule has 0 unspecified atom stereocenters. The largest absolute Gasteiger partial charge is 0.491 e. The number of ether oxygens (including phenoxy) is 2. The molecule has 3 N–H and O–H groups in total. The number of amides is 1. The van der Waals surface area contributed by atoms with Crippen LogP contribution >= 0.6 is 0 Å². The van der Waals surface area contributed by atoms with Gasteiger partial charge in [-0.3, -0.25) is 4.79 Å². The first kappa shape index (κ1) is 16.8. The van der Waals surface area contributed by atoms with E-state index in [0.29, 0.717) is 36.8 Å². The SMILES string of the molecule is CCOCCOc1cccc(C(=O)Nc2cc(N)ccc2F)c1. The average Bonchev–Trinajstić information content (AvgIpc) is 2.55. The van der Waals surface area contributed by atoms with Crippen molar-refractivity contribution < 1.29 is 18.7 Å². The topological polar surface area (TPSA) is 73.6 Å². The molecule has 2 aromatic rings. The first-order valence-electron chi connectivity index (χ1n) is 7.27. The number of hydrogen-bond acceptors (Lipinski definition) is 4. The molecule has 0 aliphatic carbocycles. The molecule has 1 amide bonds. The Labute approximate surface area is 134 Å². The van der Waals surface area contributed by atoms with Gasteiger partial charge >= 0.3 is 0 Å². The van der Waals surface area contributed by atoms with Crippen LogP contribution < -0.4 is 15.8 Å². The number of nitrogen functional groups attached to an aromatic ring is 1. The summed E-state index contributed by atoms with van der Waals surface area (Å²) in [6.45, 7) is 3.39. The summed E-state index contributed by atoms with van der Waals surface area (Å²) >= 11 is 0. The van der Waals surface area contributed by atoms with Crippen molar-refractivity contribution >= 4 is 17.3 Å². The van der Waals surface area contributed by atoms with Crippen molar-refractivity contribution in [3.05, 3.63) is 53.8 Å². The van der Waals surface area contributed by atoms with Crippen molar-refractivity contribution in [1.29, 1.82) is 0 Å². The Kier molecular flexibility index (Phi) is 5.94. The van der Waals surface area contributed by atoms with E-state index in [9.17, 15) is 9.18 Å². The molecule has 0 aliphatic rings. The van der Waals surface area contributed by atoms with Gasteiger partial charge in [0.05, 0.1) is 12.3 Å². The van der Waals surface area contributed by atoms with Crippen LogP contribution in [0.5, 0.6) is 5.75 Å². The number of rotatable bonds is 7. The first-order valence-corrected chi connectivity index (χ1v) is 7.27. The second-order valence-corrected chi connectivity index (χ2v) is 4.77. The fourth-order valence-electron chi connectivity index (χ4n) is 1.92. The zero-order valence-electron chi connectivity index (χ0n) is 12.8. The molecule has 122 valence electrons. The van der Waals surface area contributed by atoms with Gasteiger partial charge in [-0.25, -0.2) is 4.39 Å². The van der Waals surface area contributed by atoms with E-state index in [1.54, 1.807) is 24.3 Å². The third-order valence-corrected chi connectivity index (χ3v) is 3.04. The summed E-state index contributed by atoms with van der Waals surface area (Å²) in [6, 6.07) is 10.6. The lowest BCUT2D eigenvalue weighted by atomic mass is 10.2. The Morgan fingerprint density at radius 2 is 2.04 bits per heavy atom. The highest BCUT2D eigenvalue weighted by molar-refractivity contribution is 6.04. The van der Waals surface area contributed by atoms with Crippen molar-refractivity contribution in [2.45, 2.75) is 6.92 Å². The maximum atomic E-state index is 13.7. The van der Waals surface area contributed by atoms with E-state index in [2.05, 4.69) is 5.32 Å². The molecule has 23 heavy (non-hydrogen) atoms. The summed E-state index contributed by atoms with van der Waals surface area (Å²) in [5.41, 5.74) is 6.37. The molecule has 0 saturated carbocycles. The molecular formula is C17H19FN2O3. The van der Waals surface area contributed by atoms with Crippen LogP contribution in [-0.2, 0) is 4.74 Å². The Morgan fingerprint density at radius 1 is 1.22 bits per heavy atom. The van der Waals surface area contributed by atoms with Crippen molar-refractivity contribution in [2.24, 2.45) is 0 Å². The van der Waals surface area contributed by atoms with Gasteiger partial charge in [0.15, 0.2) is 0 Å². The zero-order valence-corrected chi connectivity index (χ0v) is 12.8. The molecule has 0 saturated heterocycles. The summed E-state index contributed by atoms with van der Waals surface area (Å²) in [7, 11) is 0. The van der Waals surface area contributed by atoms with E-state index < -0.39 is 11.7 Å². The summed E-state index contributed by atoms with van der Waals surface area (Å²) in [4.78, 5) is 12.2. The molecule has 0 bridgehead atoms. The molecule has 2 aromatic carbocycles. The predicted molar refractivity (Wildman–Crippen MR) is 87.2 cm³/mol. The minimum atomic E-state index is -0.545. The third-order valence-electron chi connectivity index (χ3n) is 3.04. The Hall–Kier alpha value is -2.60. The van der Waals surface area contributed by atoms with Gasteiger partial charge in [-0.1, -0.05) is 6.07 Å². The van der Waals surface area contributed by atoms with Crippen LogP contribution in [0.25, 0.3) is 0 Å². The van der Waals surface area contributed by atoms with Gasteiger partial charge in [-0.05, 0) is 43.3 Å². The smallest absolute Gasteiger partial charge is 0.255 e. The molecule has 0 spiro atoms. The molecule has 6 heteroatoms. The first-order chi connectivity index (χ1) is 11.1. The van der Waals surface area contributed by atoms with Gasteiger partial charge in [-0.15, -0.1) is 0 Å². The second kappa shape index (κ2) is 8.14. The van der Waals surface area contributed by atoms with Crippen LogP contribution in [0.1, 0.15) is 17.3 Å². The number of hydrogen-bond donors (Lipinski definition) is 2. The van der Waals surface area contributed by atoms with Gasteiger partial charge in [0.1, 0.15) is 18.2 Å². The van der Waals surface area contributed by atoms with Crippen LogP contribution in [-0.4, -0.2) is 25.7 Å². The lowest BCUT2D eigenvalue weighted by molar-refractivity contribution is 0.102. The number of halogens is 1. The highest BCUT2D eigenvalue weighted by Crippen LogP contribution is 2.19. The minimum Gasteiger partial charge on any atom is -0.491 e. The molecule has 0 radical (unpaired) electrons. The van der Waals surface area contributed by atoms with Gasteiger partial charge in [-0.2, -0.15) is 0 Å². The van der Waals surface area contributed by atoms with Crippen LogP contribution in [0, 0.1) is 5.82 Å². The summed E-state index contributed by atoms with van der Waals surface area (Å²) in [6.07, 6.45) is 0. The molecule has 0 heterocycles. The lowest BCUT2D eigenvalue weighted by Crippen LogP contribution is -2.13. The number of carbonyl (C=O) groups is 1. The fraction of sp³-hybridized carbons (Fsp3) is 0.235. The second-order valence-electron chi connectivity index (χ2n) is 4.77. The molecular weight excluding hydrogens is 299 g/mol. The molecule has 2 rings (SSSR count). The van der Waals surface area contributed by atoms with E-state index in [1.165, 1.54) is 18.2 Å². The Balaban J connectivity index is 2.03. The number of anilines is 2. The minimum absolute atomic E-state index is 0.0395. The van der Waals surface area contributed by atoms with Crippen molar-refractivity contribution in [3.63, 3.8) is 0 Å². The molecule has 5 nitrogen and oxygen atoms in total. The summed E-state index contributed by atoms with van der Waals surface area (Å²) in [5.74, 6) is -0.438. The standard InChI is InChI=1S/C17H19FN2O3/c1-2-22-8-9-23-14-5-3-4-12(10-14)17(21)20-16-11-13(19)6-7-15(16)18/h3-7,10-11H,2,8-9,19H2,1H3,(H,20,21). The molecule has 0 aliphatic heterocycles. The van der Waals surface area contributed by atoms with Crippen molar-refractivity contribution in [2.75, 3.05) is 30.9 Å². The van der Waals surface area contributed by atoms with Gasteiger partial charge in [0.25, 0.3) is 5.91 Å². The van der Waals surface area contributed by atoms with E-state index in [1.807, 2.05) is 6.92 Å². The van der Waals surface area contributed by atoms with Gasteiger partial charge in [0, 0.05) is 17.9 Å². The van der Waals surface area contributed by atoms with E-state index >= 15 is 0 Å². The predicted octanol–water partition coefficient (Wildman–Crippen LogP) is 3.08. The van der Waals surface area contributed by atoms with Crippen LogP contribution in [0.3, 0.4) is 0 Å². The van der Waals surface area contributed by atoms with Crippen molar-refractivity contribution in [1.82, 2.24) is 0 Å². The summed E-state index contributed by atoms with van der Waals surface area (Å²) < 4.78 is 24.3. The lowest BCUT2D eigenvalue weighted by Gasteiger charge is -2.10. The quantitative estimate of drug-likeness (QED) is 0.608. The highest BCUT2D eigenvalue weighted by Gasteiger charge is 2.10. The zero-order chi connectivity index (χ0) is 16.7. The number of nitrogens with two attached hydrogens (primary N) is 1. The van der Waals surface area contributed by atoms with Crippen LogP contribution in [0.4, 0.5) is 15.8 Å². The van der Waals surface area contributed by atoms with E-state index in [-0.39, 0.29) is 5.69 Å². The number of benzene rings is 2. The fourth-order valence-corrected chi connectivity index (χ4v) is 1.92. The van der Waals surface area contributed by atoms with Crippen LogP contribution in [0.15, 0.2) is 42.5 Å². The Bertz CT molecular complexity index is 677. The maximum absolute atomic E-state index is 13.7. The maximum Gasteiger partial charge on any atom is 0.255 e. The van der Waals surface area contributed by atoms with E-state index in [0.717, 1.165) is 0 Å². The number of carbonyl (C=O) groups excluding carboxylic acids is 1. The molecule has 0 atom stereocenters. The van der Waals surface area contributed by atoms with Crippen molar-refractivity contribution in [3.8, 4) is 5.75 Å². The summed E-state index contributed by atoms with van der Waals surface area (Å²) in [5, 5.41) is 2.50.